The first kappa shape index (κ1) is 24.3. The molecule has 172 valence electrons. The molecule has 2 aromatic rings. The van der Waals surface area contributed by atoms with Crippen LogP contribution < -0.4 is 5.32 Å². The molecule has 0 spiro atoms. The van der Waals surface area contributed by atoms with Gasteiger partial charge in [0.1, 0.15) is 6.04 Å². The Kier molecular flexibility index (Phi) is 8.89. The number of carbonyl (C=O) groups is 2. The lowest BCUT2D eigenvalue weighted by Crippen LogP contribution is -2.44. The molecule has 0 unspecified atom stereocenters. The highest BCUT2D eigenvalue weighted by Crippen LogP contribution is 2.32. The number of nitrogens with zero attached hydrogens (tertiary/aromatic N) is 2. The fourth-order valence-electron chi connectivity index (χ4n) is 3.60. The van der Waals surface area contributed by atoms with Crippen molar-refractivity contribution in [2.75, 3.05) is 31.5 Å². The highest BCUT2D eigenvalue weighted by molar-refractivity contribution is 7.98. The number of rotatable bonds is 9. The van der Waals surface area contributed by atoms with Crippen LogP contribution in [0.5, 0.6) is 0 Å². The average Bonchev–Trinajstić information content (AvgIpc) is 2.87. The van der Waals surface area contributed by atoms with Crippen LogP contribution in [0.1, 0.15) is 18.4 Å². The van der Waals surface area contributed by atoms with Gasteiger partial charge in [-0.15, -0.1) is 0 Å². The zero-order valence-corrected chi connectivity index (χ0v) is 20.0. The lowest BCUT2D eigenvalue weighted by atomic mass is 9.88. The summed E-state index contributed by atoms with van der Waals surface area (Å²) in [4.78, 5) is 31.6. The van der Waals surface area contributed by atoms with Gasteiger partial charge in [-0.1, -0.05) is 36.4 Å². The van der Waals surface area contributed by atoms with E-state index in [0.717, 1.165) is 28.1 Å². The molecule has 1 aromatic heterocycles. The highest BCUT2D eigenvalue weighted by atomic mass is 32.2. The molecule has 1 aromatic carbocycles. The minimum atomic E-state index is -0.628. The third kappa shape index (κ3) is 6.35. The number of methoxy groups -OCH3 is 1. The van der Waals surface area contributed by atoms with Crippen LogP contribution >= 0.6 is 11.8 Å². The normalized spacial score (nSPS) is 15.3. The number of hydrogen-bond acceptors (Lipinski definition) is 6. The maximum Gasteiger partial charge on any atom is 0.328 e. The molecule has 1 heterocycles. The summed E-state index contributed by atoms with van der Waals surface area (Å²) in [5.41, 5.74) is 4.27. The Hall–Kier alpha value is -3.32. The third-order valence-electron chi connectivity index (χ3n) is 5.42. The van der Waals surface area contributed by atoms with Crippen molar-refractivity contribution in [3.05, 3.63) is 89.9 Å². The van der Waals surface area contributed by atoms with Gasteiger partial charge in [-0.25, -0.2) is 4.79 Å². The number of nitrogens with one attached hydrogen (secondary N) is 1. The summed E-state index contributed by atoms with van der Waals surface area (Å²) >= 11 is 1.63. The Morgan fingerprint density at radius 1 is 1.24 bits per heavy atom. The van der Waals surface area contributed by atoms with Crippen LogP contribution in [-0.4, -0.2) is 54.0 Å². The summed E-state index contributed by atoms with van der Waals surface area (Å²) < 4.78 is 4.97. The summed E-state index contributed by atoms with van der Waals surface area (Å²) in [5.74, 6) is 0.161. The van der Waals surface area contributed by atoms with Crippen molar-refractivity contribution in [1.29, 1.82) is 0 Å². The first-order valence-electron chi connectivity index (χ1n) is 10.7. The number of benzene rings is 1. The van der Waals surface area contributed by atoms with Crippen LogP contribution in [0.3, 0.4) is 0 Å². The molecule has 7 heteroatoms. The van der Waals surface area contributed by atoms with E-state index >= 15 is 0 Å². The summed E-state index contributed by atoms with van der Waals surface area (Å²) in [7, 11) is 3.03. The number of pyridine rings is 1. The third-order valence-corrected chi connectivity index (χ3v) is 6.06. The predicted octanol–water partition coefficient (Wildman–Crippen LogP) is 4.54. The Morgan fingerprint density at radius 2 is 2.03 bits per heavy atom. The second-order valence-corrected chi connectivity index (χ2v) is 8.57. The summed E-state index contributed by atoms with van der Waals surface area (Å²) in [6.07, 6.45) is 12.5. The van der Waals surface area contributed by atoms with Gasteiger partial charge in [-0.2, -0.15) is 11.8 Å². The molecule has 0 aliphatic heterocycles. The fraction of sp³-hybridized carbons (Fsp3) is 0.269. The SMILES string of the molecule is COC(=O)[C@H](CCSC)N(C)C(=O)C1=CCC(=CNc2cccnc2)C=C1c1ccccc1. The van der Waals surface area contributed by atoms with Crippen molar-refractivity contribution >= 4 is 34.9 Å². The summed E-state index contributed by atoms with van der Waals surface area (Å²) in [6, 6.07) is 13.0. The van der Waals surface area contributed by atoms with Gasteiger partial charge in [0.15, 0.2) is 0 Å². The van der Waals surface area contributed by atoms with Gasteiger partial charge < -0.3 is 15.0 Å². The molecule has 0 saturated heterocycles. The zero-order chi connectivity index (χ0) is 23.6. The number of likely N-dealkylation sites (N-methyl/N-ethyl adjacent to an activating group) is 1. The average molecular weight is 464 g/mol. The van der Waals surface area contributed by atoms with Crippen LogP contribution in [0.25, 0.3) is 5.57 Å². The van der Waals surface area contributed by atoms with E-state index < -0.39 is 12.0 Å². The number of carbonyl (C=O) groups excluding carboxylic acids is 2. The lowest BCUT2D eigenvalue weighted by molar-refractivity contribution is -0.150. The van der Waals surface area contributed by atoms with Gasteiger partial charge in [-0.05, 0) is 59.8 Å². The highest BCUT2D eigenvalue weighted by Gasteiger charge is 2.31. The molecule has 1 N–H and O–H groups in total. The van der Waals surface area contributed by atoms with Gasteiger partial charge >= 0.3 is 5.97 Å². The number of anilines is 1. The van der Waals surface area contributed by atoms with Crippen molar-refractivity contribution in [1.82, 2.24) is 9.88 Å². The quantitative estimate of drug-likeness (QED) is 0.551. The molecule has 33 heavy (non-hydrogen) atoms. The second kappa shape index (κ2) is 12.1. The molecule has 0 bridgehead atoms. The van der Waals surface area contributed by atoms with Gasteiger partial charge in [0.05, 0.1) is 19.0 Å². The van der Waals surface area contributed by atoms with E-state index in [4.69, 9.17) is 4.74 Å². The van der Waals surface area contributed by atoms with E-state index in [0.29, 0.717) is 18.4 Å². The molecule has 0 fully saturated rings. The monoisotopic (exact) mass is 463 g/mol. The summed E-state index contributed by atoms with van der Waals surface area (Å²) in [5, 5.41) is 3.26. The van der Waals surface area contributed by atoms with E-state index in [2.05, 4.69) is 10.3 Å². The minimum Gasteiger partial charge on any atom is -0.467 e. The standard InChI is InChI=1S/C26H29N3O3S/c1-29(24(13-15-33-3)26(31)32-2)25(30)22-12-11-19(17-28-21-10-7-14-27-18-21)16-23(22)20-8-5-4-6-9-20/h4-10,12,14,16-18,24,28H,11,13,15H2,1-3H3/t24-/m0/s1. The molecule has 1 atom stereocenters. The van der Waals surface area contributed by atoms with Crippen LogP contribution in [0.15, 0.2) is 84.4 Å². The van der Waals surface area contributed by atoms with Crippen LogP contribution in [-0.2, 0) is 14.3 Å². The van der Waals surface area contributed by atoms with E-state index in [9.17, 15) is 9.59 Å². The first-order chi connectivity index (χ1) is 16.0. The van der Waals surface area contributed by atoms with Gasteiger partial charge in [-0.3, -0.25) is 9.78 Å². The Morgan fingerprint density at radius 3 is 2.70 bits per heavy atom. The van der Waals surface area contributed by atoms with Crippen LogP contribution in [0.4, 0.5) is 5.69 Å². The molecular weight excluding hydrogens is 434 g/mol. The Balaban J connectivity index is 1.90. The van der Waals surface area contributed by atoms with Crippen molar-refractivity contribution in [3.8, 4) is 0 Å². The lowest BCUT2D eigenvalue weighted by Gasteiger charge is -2.28. The minimum absolute atomic E-state index is 0.194. The van der Waals surface area contributed by atoms with E-state index in [-0.39, 0.29) is 5.91 Å². The molecule has 0 radical (unpaired) electrons. The molecule has 1 amide bonds. The first-order valence-corrected chi connectivity index (χ1v) is 12.1. The van der Waals surface area contributed by atoms with Crippen molar-refractivity contribution < 1.29 is 14.3 Å². The predicted molar refractivity (Wildman–Crippen MR) is 135 cm³/mol. The number of hydrogen-bond donors (Lipinski definition) is 1. The molecule has 0 saturated carbocycles. The van der Waals surface area contributed by atoms with Crippen molar-refractivity contribution in [2.24, 2.45) is 0 Å². The topological polar surface area (TPSA) is 71.5 Å². The molecule has 1 aliphatic rings. The number of ether oxygens (including phenoxy) is 1. The summed E-state index contributed by atoms with van der Waals surface area (Å²) in [6.45, 7) is 0. The van der Waals surface area contributed by atoms with Gasteiger partial charge in [0, 0.05) is 25.0 Å². The number of aromatic nitrogens is 1. The van der Waals surface area contributed by atoms with Crippen LogP contribution in [0.2, 0.25) is 0 Å². The van der Waals surface area contributed by atoms with E-state index in [1.807, 2.05) is 67.1 Å². The van der Waals surface area contributed by atoms with Crippen LogP contribution in [0, 0.1) is 0 Å². The molecular formula is C26H29N3O3S. The maximum absolute atomic E-state index is 13.6. The maximum atomic E-state index is 13.6. The van der Waals surface area contributed by atoms with Gasteiger partial charge in [0.2, 0.25) is 0 Å². The number of amides is 1. The smallest absolute Gasteiger partial charge is 0.328 e. The largest absolute Gasteiger partial charge is 0.467 e. The van der Waals surface area contributed by atoms with E-state index in [1.54, 1.807) is 31.2 Å². The second-order valence-electron chi connectivity index (χ2n) is 7.59. The fourth-order valence-corrected chi connectivity index (χ4v) is 4.06. The Bertz CT molecular complexity index is 1050. The molecule has 6 nitrogen and oxygen atoms in total. The zero-order valence-electron chi connectivity index (χ0n) is 19.2. The van der Waals surface area contributed by atoms with Crippen molar-refractivity contribution in [3.63, 3.8) is 0 Å². The number of allylic oxidation sites excluding steroid dienone is 3. The number of thioether (sulfide) groups is 1. The Labute approximate surface area is 199 Å². The number of esters is 1. The van der Waals surface area contributed by atoms with Gasteiger partial charge in [0.25, 0.3) is 5.91 Å². The van der Waals surface area contributed by atoms with E-state index in [1.165, 1.54) is 12.0 Å². The molecule has 3 rings (SSSR count). The molecule has 1 aliphatic carbocycles. The van der Waals surface area contributed by atoms with Crippen molar-refractivity contribution in [2.45, 2.75) is 18.9 Å².